The largest absolute Gasteiger partial charge is 0.309 e. The van der Waals surface area contributed by atoms with E-state index in [4.69, 9.17) is 7.85 Å². The number of aromatic nitrogens is 1. The summed E-state index contributed by atoms with van der Waals surface area (Å²) in [6, 6.07) is 18.8. The van der Waals surface area contributed by atoms with Gasteiger partial charge in [0.2, 0.25) is 0 Å². The molecular formula is C20H16BN. The van der Waals surface area contributed by atoms with Crippen LogP contribution in [0, 0.1) is 0 Å². The van der Waals surface area contributed by atoms with E-state index in [-0.39, 0.29) is 0 Å². The number of fused-ring (bicyclic) bond motifs is 1. The van der Waals surface area contributed by atoms with Crippen molar-refractivity contribution >= 4 is 29.8 Å². The van der Waals surface area contributed by atoms with Crippen LogP contribution >= 0.6 is 0 Å². The van der Waals surface area contributed by atoms with Crippen molar-refractivity contribution in [2.75, 3.05) is 0 Å². The van der Waals surface area contributed by atoms with Crippen molar-refractivity contribution in [2.24, 2.45) is 0 Å². The van der Waals surface area contributed by atoms with Crippen molar-refractivity contribution in [1.29, 1.82) is 0 Å². The number of hydrogen-bond donors (Lipinski definition) is 0. The van der Waals surface area contributed by atoms with Crippen LogP contribution in [0.5, 0.6) is 0 Å². The molecule has 0 saturated heterocycles. The quantitative estimate of drug-likeness (QED) is 0.622. The van der Waals surface area contributed by atoms with Crippen molar-refractivity contribution in [3.05, 3.63) is 78.5 Å². The van der Waals surface area contributed by atoms with Crippen LogP contribution in [-0.4, -0.2) is 12.4 Å². The highest BCUT2D eigenvalue weighted by Crippen LogP contribution is 2.30. The Morgan fingerprint density at radius 1 is 0.909 bits per heavy atom. The number of para-hydroxylation sites is 1. The van der Waals surface area contributed by atoms with Crippen LogP contribution in [0.4, 0.5) is 0 Å². The average molecular weight is 281 g/mol. The fraction of sp³-hybridized carbons (Fsp3) is 0.100. The highest BCUT2D eigenvalue weighted by Gasteiger charge is 2.13. The second-order valence-electron chi connectivity index (χ2n) is 5.66. The second kappa shape index (κ2) is 5.38. The standard InChI is InChI=1S/C20H16BN/c21-17-10-6-11-18(14-17)22-19-12-5-4-9-16(19)13-20(22)15-7-2-1-3-8-15/h2,4-14H,1,3H2. The highest BCUT2D eigenvalue weighted by atomic mass is 15.0. The first-order valence-corrected chi connectivity index (χ1v) is 7.66. The first-order valence-electron chi connectivity index (χ1n) is 7.66. The number of nitrogens with zero attached hydrogens (tertiary/aromatic N) is 1. The third-order valence-electron chi connectivity index (χ3n) is 4.13. The Morgan fingerprint density at radius 2 is 1.82 bits per heavy atom. The molecule has 1 aromatic heterocycles. The molecule has 4 rings (SSSR count). The molecule has 0 spiro atoms. The van der Waals surface area contributed by atoms with E-state index in [0.717, 1.165) is 24.0 Å². The van der Waals surface area contributed by atoms with Crippen LogP contribution < -0.4 is 5.46 Å². The Hall–Kier alpha value is -2.48. The molecule has 104 valence electrons. The Labute approximate surface area is 132 Å². The lowest BCUT2D eigenvalue weighted by atomic mass is 9.96. The molecule has 3 aromatic rings. The maximum absolute atomic E-state index is 6.00. The highest BCUT2D eigenvalue weighted by molar-refractivity contribution is 6.32. The molecule has 0 unspecified atom stereocenters. The van der Waals surface area contributed by atoms with E-state index in [2.05, 4.69) is 59.2 Å². The average Bonchev–Trinajstić information content (AvgIpc) is 2.95. The van der Waals surface area contributed by atoms with Gasteiger partial charge in [0.05, 0.1) is 11.2 Å². The molecule has 1 aliphatic carbocycles. The first kappa shape index (κ1) is 13.2. The van der Waals surface area contributed by atoms with Gasteiger partial charge < -0.3 is 4.57 Å². The van der Waals surface area contributed by atoms with Crippen LogP contribution in [-0.2, 0) is 0 Å². The summed E-state index contributed by atoms with van der Waals surface area (Å²) in [5, 5.41) is 1.25. The van der Waals surface area contributed by atoms with E-state index < -0.39 is 0 Å². The lowest BCUT2D eigenvalue weighted by molar-refractivity contribution is 1.03. The SMILES string of the molecule is [B]c1cccc(-n2c(C3=CCCC=C3)cc3ccccc32)c1. The number of rotatable bonds is 2. The van der Waals surface area contributed by atoms with Gasteiger partial charge in [0, 0.05) is 11.1 Å². The van der Waals surface area contributed by atoms with Crippen molar-refractivity contribution in [2.45, 2.75) is 12.8 Å². The normalized spacial score (nSPS) is 14.3. The first-order chi connectivity index (χ1) is 10.8. The maximum Gasteiger partial charge on any atom is 0.113 e. The molecule has 1 aliphatic rings. The Balaban J connectivity index is 2.02. The maximum atomic E-state index is 6.00. The monoisotopic (exact) mass is 281 g/mol. The Morgan fingerprint density at radius 3 is 2.64 bits per heavy atom. The summed E-state index contributed by atoms with van der Waals surface area (Å²) in [4.78, 5) is 0. The van der Waals surface area contributed by atoms with E-state index >= 15 is 0 Å². The lowest BCUT2D eigenvalue weighted by Crippen LogP contribution is -2.06. The minimum Gasteiger partial charge on any atom is -0.309 e. The van der Waals surface area contributed by atoms with E-state index in [1.807, 2.05) is 18.2 Å². The summed E-state index contributed by atoms with van der Waals surface area (Å²) >= 11 is 0. The lowest BCUT2D eigenvalue weighted by Gasteiger charge is -2.14. The summed E-state index contributed by atoms with van der Waals surface area (Å²) in [5.74, 6) is 0. The van der Waals surface area contributed by atoms with Crippen molar-refractivity contribution in [3.8, 4) is 5.69 Å². The van der Waals surface area contributed by atoms with E-state index in [0.29, 0.717) is 0 Å². The molecule has 0 fully saturated rings. The van der Waals surface area contributed by atoms with Gasteiger partial charge in [-0.2, -0.15) is 0 Å². The molecular weight excluding hydrogens is 265 g/mol. The van der Waals surface area contributed by atoms with Crippen LogP contribution in [0.1, 0.15) is 18.5 Å². The number of benzene rings is 2. The predicted molar refractivity (Wildman–Crippen MR) is 95.0 cm³/mol. The molecule has 0 N–H and O–H groups in total. The fourth-order valence-electron chi connectivity index (χ4n) is 3.11. The van der Waals surface area contributed by atoms with Crippen LogP contribution in [0.15, 0.2) is 72.8 Å². The molecule has 2 aromatic carbocycles. The summed E-state index contributed by atoms with van der Waals surface area (Å²) in [6.07, 6.45) is 9.01. The van der Waals surface area contributed by atoms with Crippen LogP contribution in [0.2, 0.25) is 0 Å². The third-order valence-corrected chi connectivity index (χ3v) is 4.13. The van der Waals surface area contributed by atoms with Gasteiger partial charge in [0.1, 0.15) is 7.85 Å². The van der Waals surface area contributed by atoms with Gasteiger partial charge in [-0.25, -0.2) is 0 Å². The minimum absolute atomic E-state index is 0.786. The number of allylic oxidation sites excluding steroid dienone is 4. The van der Waals surface area contributed by atoms with Gasteiger partial charge in [0.15, 0.2) is 0 Å². The van der Waals surface area contributed by atoms with Gasteiger partial charge in [-0.15, -0.1) is 0 Å². The molecule has 1 nitrogen and oxygen atoms in total. The molecule has 0 saturated carbocycles. The molecule has 0 amide bonds. The van der Waals surface area contributed by atoms with Gasteiger partial charge in [-0.1, -0.05) is 54.0 Å². The van der Waals surface area contributed by atoms with Gasteiger partial charge in [-0.05, 0) is 42.7 Å². The van der Waals surface area contributed by atoms with Gasteiger partial charge in [-0.3, -0.25) is 0 Å². The molecule has 0 bridgehead atoms. The van der Waals surface area contributed by atoms with Crippen LogP contribution in [0.25, 0.3) is 22.2 Å². The minimum atomic E-state index is 0.786. The third kappa shape index (κ3) is 2.21. The topological polar surface area (TPSA) is 4.93 Å². The zero-order valence-corrected chi connectivity index (χ0v) is 12.4. The summed E-state index contributed by atoms with van der Waals surface area (Å²) in [6.45, 7) is 0. The van der Waals surface area contributed by atoms with Crippen molar-refractivity contribution < 1.29 is 0 Å². The van der Waals surface area contributed by atoms with Gasteiger partial charge >= 0.3 is 0 Å². The zero-order valence-electron chi connectivity index (χ0n) is 12.4. The summed E-state index contributed by atoms with van der Waals surface area (Å²) in [7, 11) is 6.00. The molecule has 1 heterocycles. The summed E-state index contributed by atoms with van der Waals surface area (Å²) in [5.41, 5.74) is 5.61. The Bertz CT molecular complexity index is 899. The predicted octanol–water partition coefficient (Wildman–Crippen LogP) is 4.16. The molecule has 22 heavy (non-hydrogen) atoms. The van der Waals surface area contributed by atoms with Gasteiger partial charge in [0.25, 0.3) is 0 Å². The number of hydrogen-bond acceptors (Lipinski definition) is 0. The summed E-state index contributed by atoms with van der Waals surface area (Å²) < 4.78 is 2.30. The molecule has 0 atom stereocenters. The zero-order chi connectivity index (χ0) is 14.9. The molecule has 2 radical (unpaired) electrons. The fourth-order valence-corrected chi connectivity index (χ4v) is 3.11. The second-order valence-corrected chi connectivity index (χ2v) is 5.66. The smallest absolute Gasteiger partial charge is 0.113 e. The van der Waals surface area contributed by atoms with Crippen molar-refractivity contribution in [1.82, 2.24) is 4.57 Å². The Kier molecular flexibility index (Phi) is 3.23. The molecule has 2 heteroatoms. The van der Waals surface area contributed by atoms with E-state index in [1.54, 1.807) is 0 Å². The van der Waals surface area contributed by atoms with Crippen LogP contribution in [0.3, 0.4) is 0 Å². The van der Waals surface area contributed by atoms with E-state index in [9.17, 15) is 0 Å². The van der Waals surface area contributed by atoms with Crippen molar-refractivity contribution in [3.63, 3.8) is 0 Å². The van der Waals surface area contributed by atoms with E-state index in [1.165, 1.54) is 22.2 Å². The molecule has 0 aliphatic heterocycles.